The SMILES string of the molecule is CC(C)(C)[Si](C)(C)OC[C@@H]1O[C@@H]2O[C@H]3[C@H](O)[C@@H](O)[C@@H](O[C@H]4[C@@H](N=[N+]=[N-])[C@H](O)[C@@H](O[C@H]5[C@@H](O)[C@@H](O)[C@@H](O[C@H]6[C@@H](O)[C@H](O)[C@@H](O[C@H]7[C@H](O)[C@@H](O)[C@@H](O[C@H]8[C@H](O)[C@@H](O)[C@@H](O[C@H]1[C@H](O)[C@H]2O)O[C@H]8CO[Si](C)(C)C(C)(C)C)O[C@@H]7CO[Si](C)(C)C(C)(C)C)O[C@@H]6CO[Si](C)(C)C(C)(C)C)O[C@@H]5CO[Si](C)(C)C(C)(C)C)O[C@H]4CO[Si](C)(C)C(C)(C)C)O[C@H]3CO[Si](C)(C)C(C)(C)C. The Morgan fingerprint density at radius 1 is 0.211 bits per heavy atom. The Kier molecular flexibility index (Phi) is 36.7. The zero-order chi connectivity index (χ0) is 97.4. The van der Waals surface area contributed by atoms with Crippen LogP contribution in [0.2, 0.25) is 127 Å². The first kappa shape index (κ1) is 113. The van der Waals surface area contributed by atoms with E-state index in [1.807, 2.05) is 237 Å². The third kappa shape index (κ3) is 25.6. The van der Waals surface area contributed by atoms with Gasteiger partial charge in [-0.2, -0.15) is 0 Å². The van der Waals surface area contributed by atoms with Crippen LogP contribution in [0.15, 0.2) is 5.11 Å². The average Bonchev–Trinajstić information content (AvgIpc) is 0.784. The summed E-state index contributed by atoms with van der Waals surface area (Å²) in [6.07, 6.45) is -63.3. The molecule has 44 heteroatoms. The van der Waals surface area contributed by atoms with Crippen LogP contribution in [0.3, 0.4) is 0 Å². The molecule has 21 saturated heterocycles. The first-order chi connectivity index (χ1) is 58.0. The van der Waals surface area contributed by atoms with Crippen LogP contribution in [0.4, 0.5) is 0 Å². The summed E-state index contributed by atoms with van der Waals surface area (Å²) in [5, 5.41) is 167. The van der Waals surface area contributed by atoms with Crippen molar-refractivity contribution >= 4 is 58.2 Å². The van der Waals surface area contributed by atoms with E-state index in [1.165, 1.54) is 0 Å². The second-order valence-corrected chi connectivity index (χ2v) is 80.7. The topological polar surface area (TPSA) is 506 Å². The van der Waals surface area contributed by atoms with Crippen LogP contribution in [0, 0.1) is 0 Å². The van der Waals surface area contributed by atoms with Crippen molar-refractivity contribution in [2.45, 2.75) is 487 Å². The second-order valence-electron chi connectivity index (χ2n) is 47.1. The van der Waals surface area contributed by atoms with Crippen LogP contribution in [0.1, 0.15) is 145 Å². The van der Waals surface area contributed by atoms with E-state index in [9.17, 15) is 71.9 Å². The first-order valence-electron chi connectivity index (χ1n) is 45.5. The summed E-state index contributed by atoms with van der Waals surface area (Å²) in [7, 11) is -19.8. The largest absolute Gasteiger partial charge is 0.414 e. The molecule has 0 aliphatic carbocycles. The standard InChI is InChI=1S/C84H167N3O34Si7/c1-78(2,3)122(22,23)101-36-43-64-50(86-87-85)51(88)71(108-43)116-65-44(37-102-123(24,25)79(4,5)6)110-73(59(96)53(65)90)118-67-46(39-104-125(28,29)81(10,11)12)112-75(61(98)55(67)92)120-69-48(41-106-127(32,33)83(16,17)18)114-77(63(100)57(69)94)121-70-49(42-107-128(34,35)84(19,20)21)113-76(62(99)56(70)93)119-68-47(40-105-126(30,31)82(13,14)15)111-74(60(97)54(68)91)117-66-45(38-103-124(26,27)80(7,8)9)109-72(115-64)58(95)52(66)89/h43-77,88-100H,36-42H2,1-35H3/t43-,44+,45-,46+,47-,48+,49-,50-,51-,52+,53-,54+,55-,56+,57+,58+,59+,60+,61-,62+,63+,64+,65+,66+,67+,68+,69+,70+,71+,72+,73+,74+,75+,76+,77+/m0/s1. The van der Waals surface area contributed by atoms with Gasteiger partial charge in [-0.25, -0.2) is 0 Å². The van der Waals surface area contributed by atoms with Gasteiger partial charge in [0.1, 0.15) is 165 Å². The van der Waals surface area contributed by atoms with Crippen LogP contribution in [-0.2, 0) is 97.3 Å². The monoisotopic (exact) mass is 1960 g/mol. The molecule has 21 heterocycles. The summed E-state index contributed by atoms with van der Waals surface area (Å²) in [6.45, 7) is 66.8. The van der Waals surface area contributed by atoms with E-state index in [0.717, 1.165) is 0 Å². The molecule has 128 heavy (non-hydrogen) atoms. The molecule has 35 atom stereocenters. The number of aliphatic hydroxyl groups is 13. The van der Waals surface area contributed by atoms with E-state index in [1.54, 1.807) is 0 Å². The minimum atomic E-state index is -2.85. The molecule has 750 valence electrons. The Labute approximate surface area is 766 Å². The van der Waals surface area contributed by atoms with Crippen LogP contribution in [0.25, 0.3) is 10.4 Å². The van der Waals surface area contributed by atoms with Gasteiger partial charge >= 0.3 is 0 Å². The number of azide groups is 1. The molecule has 14 bridgehead atoms. The number of hydrogen-bond acceptors (Lipinski definition) is 35. The van der Waals surface area contributed by atoms with Gasteiger partial charge < -0.3 is 164 Å². The summed E-state index contributed by atoms with van der Waals surface area (Å²) in [4.78, 5) is 3.17. The van der Waals surface area contributed by atoms with Gasteiger partial charge in [0.2, 0.25) is 0 Å². The van der Waals surface area contributed by atoms with Crippen molar-refractivity contribution in [1.82, 2.24) is 0 Å². The zero-order valence-electron chi connectivity index (χ0n) is 82.9. The molecule has 13 N–H and O–H groups in total. The molecular formula is C84H167N3O34Si7. The lowest BCUT2D eigenvalue weighted by molar-refractivity contribution is -0.396. The van der Waals surface area contributed by atoms with Crippen molar-refractivity contribution < 1.29 is 164 Å². The molecule has 0 aromatic rings. The Bertz CT molecular complexity index is 3490. The lowest BCUT2D eigenvalue weighted by Gasteiger charge is -2.51. The van der Waals surface area contributed by atoms with Gasteiger partial charge in [-0.15, -0.1) is 0 Å². The highest BCUT2D eigenvalue weighted by Gasteiger charge is 2.63. The molecule has 0 radical (unpaired) electrons. The van der Waals surface area contributed by atoms with Crippen molar-refractivity contribution in [2.24, 2.45) is 5.11 Å². The van der Waals surface area contributed by atoms with Crippen LogP contribution < -0.4 is 0 Å². The molecule has 21 aliphatic rings. The summed E-state index contributed by atoms with van der Waals surface area (Å²) in [6, 6.07) is -1.78. The maximum atomic E-state index is 12.9. The maximum absolute atomic E-state index is 12.9. The minimum absolute atomic E-state index is 0.376. The van der Waals surface area contributed by atoms with E-state index in [2.05, 4.69) is 10.0 Å². The molecule has 21 rings (SSSR count). The van der Waals surface area contributed by atoms with Gasteiger partial charge in [0.25, 0.3) is 0 Å². The molecule has 21 aliphatic heterocycles. The molecule has 0 aromatic heterocycles. The Hall–Kier alpha value is -0.532. The third-order valence-corrected chi connectivity index (χ3v) is 62.1. The highest BCUT2D eigenvalue weighted by atomic mass is 28.4. The van der Waals surface area contributed by atoms with Crippen molar-refractivity contribution in [3.8, 4) is 0 Å². The van der Waals surface area contributed by atoms with Gasteiger partial charge in [0.15, 0.2) is 102 Å². The highest BCUT2D eigenvalue weighted by Crippen LogP contribution is 2.48. The van der Waals surface area contributed by atoms with E-state index in [-0.39, 0.29) is 46.2 Å². The number of hydrogen-bond donors (Lipinski definition) is 13. The molecule has 21 fully saturated rings. The lowest BCUT2D eigenvalue weighted by Crippen LogP contribution is -2.69. The van der Waals surface area contributed by atoms with Gasteiger partial charge in [-0.3, -0.25) is 0 Å². The van der Waals surface area contributed by atoms with Crippen LogP contribution in [0.5, 0.6) is 0 Å². The van der Waals surface area contributed by atoms with E-state index >= 15 is 0 Å². The zero-order valence-corrected chi connectivity index (χ0v) is 89.9. The average molecular weight is 1960 g/mol. The highest BCUT2D eigenvalue weighted by molar-refractivity contribution is 6.76. The molecule has 0 saturated carbocycles. The summed E-state index contributed by atoms with van der Waals surface area (Å²) in [5.41, 5.74) is 10.6. The van der Waals surface area contributed by atoms with Crippen molar-refractivity contribution in [3.05, 3.63) is 10.4 Å². The molecule has 0 spiro atoms. The molecule has 37 nitrogen and oxygen atoms in total. The van der Waals surface area contributed by atoms with Crippen molar-refractivity contribution in [2.75, 3.05) is 46.2 Å². The minimum Gasteiger partial charge on any atom is -0.414 e. The van der Waals surface area contributed by atoms with Crippen molar-refractivity contribution in [3.63, 3.8) is 0 Å². The quantitative estimate of drug-likeness (QED) is 0.0219. The lowest BCUT2D eigenvalue weighted by atomic mass is 9.94. The Balaban J connectivity index is 1.33. The van der Waals surface area contributed by atoms with E-state index < -0.39 is 308 Å². The predicted octanol–water partition coefficient (Wildman–Crippen LogP) is 7.29. The number of ether oxygens (including phenoxy) is 14. The number of nitrogens with zero attached hydrogens (tertiary/aromatic N) is 3. The second kappa shape index (κ2) is 41.7. The third-order valence-electron chi connectivity index (χ3n) is 30.6. The summed E-state index contributed by atoms with van der Waals surface area (Å²) >= 11 is 0. The Morgan fingerprint density at radius 2 is 0.336 bits per heavy atom. The molecule has 0 aromatic carbocycles. The number of rotatable bonds is 22. The first-order valence-corrected chi connectivity index (χ1v) is 65.9. The number of aliphatic hydroxyl groups excluding tert-OH is 13. The van der Waals surface area contributed by atoms with Gasteiger partial charge in [-0.1, -0.05) is 151 Å². The normalized spacial score (nSPS) is 40.0. The van der Waals surface area contributed by atoms with Gasteiger partial charge in [-0.05, 0) is 132 Å². The fraction of sp³-hybridized carbons (Fsp3) is 1.00. The smallest absolute Gasteiger partial charge is 0.192 e. The summed E-state index contributed by atoms with van der Waals surface area (Å²) in [5.74, 6) is 0. The Morgan fingerprint density at radius 3 is 0.469 bits per heavy atom. The van der Waals surface area contributed by atoms with E-state index in [4.69, 9.17) is 97.3 Å². The molecular weight excluding hydrogens is 1790 g/mol. The van der Waals surface area contributed by atoms with Gasteiger partial charge in [0.05, 0.1) is 52.3 Å². The maximum Gasteiger partial charge on any atom is 0.192 e. The molecule has 0 unspecified atom stereocenters. The van der Waals surface area contributed by atoms with Crippen molar-refractivity contribution in [1.29, 1.82) is 0 Å². The summed E-state index contributed by atoms with van der Waals surface area (Å²) < 4.78 is 142. The fourth-order valence-corrected chi connectivity index (χ4v) is 21.2. The van der Waals surface area contributed by atoms with E-state index in [0.29, 0.717) is 0 Å². The predicted molar refractivity (Wildman–Crippen MR) is 488 cm³/mol. The molecule has 0 amide bonds. The van der Waals surface area contributed by atoms with Crippen LogP contribution in [-0.4, -0.2) is 386 Å². The van der Waals surface area contributed by atoms with Gasteiger partial charge in [0, 0.05) is 4.91 Å². The fourth-order valence-electron chi connectivity index (χ4n) is 14.1. The van der Waals surface area contributed by atoms with Crippen LogP contribution >= 0.6 is 0 Å².